The highest BCUT2D eigenvalue weighted by Crippen LogP contribution is 2.34. The van der Waals surface area contributed by atoms with Gasteiger partial charge in [-0.15, -0.1) is 0 Å². The van der Waals surface area contributed by atoms with Crippen LogP contribution in [-0.2, 0) is 16.0 Å². The molecule has 23 heavy (non-hydrogen) atoms. The van der Waals surface area contributed by atoms with Gasteiger partial charge < -0.3 is 10.4 Å². The number of carboxylic acids is 1. The Bertz CT molecular complexity index is 592. The summed E-state index contributed by atoms with van der Waals surface area (Å²) < 4.78 is 0. The zero-order chi connectivity index (χ0) is 16.8. The lowest BCUT2D eigenvalue weighted by molar-refractivity contribution is -0.147. The summed E-state index contributed by atoms with van der Waals surface area (Å²) in [7, 11) is 0. The number of carboxylic acid groups (broad SMARTS) is 1. The van der Waals surface area contributed by atoms with Gasteiger partial charge in [-0.25, -0.2) is 0 Å². The zero-order valence-electron chi connectivity index (χ0n) is 13.8. The summed E-state index contributed by atoms with van der Waals surface area (Å²) >= 11 is 0. The number of rotatable bonds is 6. The van der Waals surface area contributed by atoms with Crippen LogP contribution in [0.25, 0.3) is 0 Å². The SMILES string of the molecule is CC1=C(C)C[C@@H](C(=O)O)[C@@H](C(=O)NCCCc2ccccc2)C1. The van der Waals surface area contributed by atoms with Crippen molar-refractivity contribution >= 4 is 11.9 Å². The maximum Gasteiger partial charge on any atom is 0.307 e. The summed E-state index contributed by atoms with van der Waals surface area (Å²) in [5.74, 6) is -2.06. The molecule has 1 aromatic carbocycles. The highest BCUT2D eigenvalue weighted by atomic mass is 16.4. The van der Waals surface area contributed by atoms with Gasteiger partial charge in [-0.2, -0.15) is 0 Å². The van der Waals surface area contributed by atoms with E-state index in [1.54, 1.807) is 0 Å². The van der Waals surface area contributed by atoms with Gasteiger partial charge in [-0.05, 0) is 45.1 Å². The Hall–Kier alpha value is -2.10. The molecule has 0 fully saturated rings. The van der Waals surface area contributed by atoms with Crippen molar-refractivity contribution in [3.8, 4) is 0 Å². The average Bonchev–Trinajstić information content (AvgIpc) is 2.54. The van der Waals surface area contributed by atoms with Gasteiger partial charge in [0.05, 0.1) is 11.8 Å². The number of allylic oxidation sites excluding steroid dienone is 2. The number of aryl methyl sites for hydroxylation is 1. The van der Waals surface area contributed by atoms with Gasteiger partial charge in [0.15, 0.2) is 0 Å². The molecule has 124 valence electrons. The first-order valence-electron chi connectivity index (χ1n) is 8.18. The summed E-state index contributed by atoms with van der Waals surface area (Å²) in [4.78, 5) is 23.8. The molecule has 0 radical (unpaired) electrons. The molecular weight excluding hydrogens is 290 g/mol. The number of carbonyl (C=O) groups excluding carboxylic acids is 1. The van der Waals surface area contributed by atoms with E-state index in [-0.39, 0.29) is 5.91 Å². The van der Waals surface area contributed by atoms with Crippen molar-refractivity contribution in [2.24, 2.45) is 11.8 Å². The van der Waals surface area contributed by atoms with E-state index in [1.165, 1.54) is 5.56 Å². The molecule has 2 rings (SSSR count). The van der Waals surface area contributed by atoms with Crippen LogP contribution in [0.15, 0.2) is 41.5 Å². The Morgan fingerprint density at radius 1 is 1.09 bits per heavy atom. The lowest BCUT2D eigenvalue weighted by atomic mass is 9.76. The maximum absolute atomic E-state index is 12.4. The number of benzene rings is 1. The number of carbonyl (C=O) groups is 2. The van der Waals surface area contributed by atoms with E-state index in [2.05, 4.69) is 17.4 Å². The second kappa shape index (κ2) is 7.95. The molecule has 2 atom stereocenters. The predicted molar refractivity (Wildman–Crippen MR) is 90.0 cm³/mol. The number of amides is 1. The van der Waals surface area contributed by atoms with Gasteiger partial charge in [0.25, 0.3) is 0 Å². The summed E-state index contributed by atoms with van der Waals surface area (Å²) in [6.07, 6.45) is 2.79. The van der Waals surface area contributed by atoms with Crippen molar-refractivity contribution in [3.05, 3.63) is 47.0 Å². The molecule has 0 unspecified atom stereocenters. The fourth-order valence-electron chi connectivity index (χ4n) is 3.11. The lowest BCUT2D eigenvalue weighted by Gasteiger charge is -2.29. The van der Waals surface area contributed by atoms with E-state index in [4.69, 9.17) is 0 Å². The Labute approximate surface area is 137 Å². The van der Waals surface area contributed by atoms with Gasteiger partial charge in [-0.3, -0.25) is 9.59 Å². The Morgan fingerprint density at radius 3 is 2.30 bits per heavy atom. The minimum absolute atomic E-state index is 0.127. The van der Waals surface area contributed by atoms with Crippen molar-refractivity contribution < 1.29 is 14.7 Å². The van der Waals surface area contributed by atoms with Crippen LogP contribution in [0.2, 0.25) is 0 Å². The van der Waals surface area contributed by atoms with Crippen LogP contribution in [0.5, 0.6) is 0 Å². The van der Waals surface area contributed by atoms with E-state index in [0.29, 0.717) is 19.4 Å². The fraction of sp³-hybridized carbons (Fsp3) is 0.474. The minimum Gasteiger partial charge on any atom is -0.481 e. The van der Waals surface area contributed by atoms with Gasteiger partial charge >= 0.3 is 5.97 Å². The second-order valence-electron chi connectivity index (χ2n) is 6.40. The van der Waals surface area contributed by atoms with Crippen molar-refractivity contribution in [3.63, 3.8) is 0 Å². The maximum atomic E-state index is 12.4. The number of hydrogen-bond donors (Lipinski definition) is 2. The Morgan fingerprint density at radius 2 is 1.70 bits per heavy atom. The molecule has 0 aliphatic heterocycles. The third kappa shape index (κ3) is 4.68. The van der Waals surface area contributed by atoms with Crippen LogP contribution in [-0.4, -0.2) is 23.5 Å². The van der Waals surface area contributed by atoms with Crippen LogP contribution >= 0.6 is 0 Å². The predicted octanol–water partition coefficient (Wildman–Crippen LogP) is 3.18. The highest BCUT2D eigenvalue weighted by Gasteiger charge is 2.36. The van der Waals surface area contributed by atoms with Gasteiger partial charge in [0.2, 0.25) is 5.91 Å². The number of hydrogen-bond acceptors (Lipinski definition) is 2. The quantitative estimate of drug-likeness (QED) is 0.626. The minimum atomic E-state index is -0.874. The fourth-order valence-corrected chi connectivity index (χ4v) is 3.11. The molecule has 0 spiro atoms. The summed E-state index contributed by atoms with van der Waals surface area (Å²) in [6.45, 7) is 4.53. The first-order valence-corrected chi connectivity index (χ1v) is 8.18. The van der Waals surface area contributed by atoms with Crippen LogP contribution in [0.4, 0.5) is 0 Å². The van der Waals surface area contributed by atoms with Crippen LogP contribution in [0.1, 0.15) is 38.7 Å². The van der Waals surface area contributed by atoms with Crippen molar-refractivity contribution in [2.45, 2.75) is 39.5 Å². The molecule has 0 saturated carbocycles. The van der Waals surface area contributed by atoms with Crippen molar-refractivity contribution in [1.29, 1.82) is 0 Å². The van der Waals surface area contributed by atoms with E-state index < -0.39 is 17.8 Å². The summed E-state index contributed by atoms with van der Waals surface area (Å²) in [5, 5.41) is 12.3. The summed E-state index contributed by atoms with van der Waals surface area (Å²) in [5.41, 5.74) is 3.50. The van der Waals surface area contributed by atoms with Crippen LogP contribution in [0.3, 0.4) is 0 Å². The van der Waals surface area contributed by atoms with E-state index >= 15 is 0 Å². The lowest BCUT2D eigenvalue weighted by Crippen LogP contribution is -2.40. The topological polar surface area (TPSA) is 66.4 Å². The largest absolute Gasteiger partial charge is 0.481 e. The van der Waals surface area contributed by atoms with E-state index in [1.807, 2.05) is 32.0 Å². The normalized spacial score (nSPS) is 21.1. The van der Waals surface area contributed by atoms with Crippen molar-refractivity contribution in [2.75, 3.05) is 6.54 Å². The molecule has 0 bridgehead atoms. The van der Waals surface area contributed by atoms with Gasteiger partial charge in [0.1, 0.15) is 0 Å². The third-order valence-electron chi connectivity index (χ3n) is 4.70. The molecule has 4 heteroatoms. The molecule has 1 aliphatic carbocycles. The van der Waals surface area contributed by atoms with Gasteiger partial charge in [-0.1, -0.05) is 41.5 Å². The van der Waals surface area contributed by atoms with E-state index in [9.17, 15) is 14.7 Å². The molecule has 1 aromatic rings. The molecule has 4 nitrogen and oxygen atoms in total. The molecular formula is C19H25NO3. The first kappa shape index (κ1) is 17.3. The third-order valence-corrected chi connectivity index (χ3v) is 4.70. The second-order valence-corrected chi connectivity index (χ2v) is 6.40. The molecule has 0 saturated heterocycles. The van der Waals surface area contributed by atoms with Gasteiger partial charge in [0, 0.05) is 6.54 Å². The molecule has 0 aromatic heterocycles. The van der Waals surface area contributed by atoms with E-state index in [0.717, 1.165) is 24.0 Å². The monoisotopic (exact) mass is 315 g/mol. The Balaban J connectivity index is 1.85. The first-order chi connectivity index (χ1) is 11.0. The average molecular weight is 315 g/mol. The molecule has 1 amide bonds. The summed E-state index contributed by atoms with van der Waals surface area (Å²) in [6, 6.07) is 10.1. The standard InChI is InChI=1S/C19H25NO3/c1-13-11-16(17(19(22)23)12-14(13)2)18(21)20-10-6-9-15-7-4-3-5-8-15/h3-5,7-8,16-17H,6,9-12H2,1-2H3,(H,20,21)(H,22,23)/t16-,17+/m0/s1. The number of aliphatic carboxylic acids is 1. The van der Waals surface area contributed by atoms with Crippen LogP contribution in [0, 0.1) is 11.8 Å². The highest BCUT2D eigenvalue weighted by molar-refractivity contribution is 5.85. The number of nitrogens with one attached hydrogen (secondary N) is 1. The molecule has 2 N–H and O–H groups in total. The zero-order valence-corrected chi connectivity index (χ0v) is 13.8. The Kier molecular flexibility index (Phi) is 5.97. The molecule has 1 aliphatic rings. The smallest absolute Gasteiger partial charge is 0.307 e. The molecule has 0 heterocycles. The van der Waals surface area contributed by atoms with Crippen molar-refractivity contribution in [1.82, 2.24) is 5.32 Å². The van der Waals surface area contributed by atoms with Crippen LogP contribution < -0.4 is 5.32 Å².